The Morgan fingerprint density at radius 3 is 2.07 bits per heavy atom. The van der Waals surface area contributed by atoms with E-state index in [1.165, 1.54) is 6.08 Å². The monoisotopic (exact) mass is 608 g/mol. The largest absolute Gasteiger partial charge is 0.497 e. The molecule has 0 radical (unpaired) electrons. The summed E-state index contributed by atoms with van der Waals surface area (Å²) in [5, 5.41) is 20.5. The van der Waals surface area contributed by atoms with E-state index in [-0.39, 0.29) is 35.5 Å². The molecular formula is C34H60O7Si. The zero-order chi connectivity index (χ0) is 32.5. The number of rotatable bonds is 18. The minimum absolute atomic E-state index is 0.0798. The van der Waals surface area contributed by atoms with Gasteiger partial charge >= 0.3 is 5.97 Å². The Morgan fingerprint density at radius 2 is 1.62 bits per heavy atom. The second-order valence-corrected chi connectivity index (χ2v) is 18.6. The molecule has 42 heavy (non-hydrogen) atoms. The molecule has 1 rings (SSSR count). The summed E-state index contributed by atoms with van der Waals surface area (Å²) in [5.41, 5.74) is -0.327. The number of hydrogen-bond donors (Lipinski definition) is 2. The Kier molecular flexibility index (Phi) is 14.9. The molecule has 0 saturated heterocycles. The van der Waals surface area contributed by atoms with Gasteiger partial charge in [0.25, 0.3) is 0 Å². The van der Waals surface area contributed by atoms with Crippen LogP contribution in [0.15, 0.2) is 36.9 Å². The SMILES string of the molecule is C=C[C@](C)(O)[C@@H](CC)OC(=O)[C@H](C)[C@@H](O[Si](C)(C)C(C)(C)C)[C@H](C)[C@@H](OCc1ccc(OC)cc1)[C@@H](C)C[C@@H](C)CO. The van der Waals surface area contributed by atoms with E-state index in [2.05, 4.69) is 54.3 Å². The van der Waals surface area contributed by atoms with Crippen molar-refractivity contribution in [1.82, 2.24) is 0 Å². The van der Waals surface area contributed by atoms with Gasteiger partial charge in [0.15, 0.2) is 8.32 Å². The summed E-state index contributed by atoms with van der Waals surface area (Å²) in [4.78, 5) is 13.7. The Balaban J connectivity index is 3.47. The van der Waals surface area contributed by atoms with Crippen LogP contribution in [0.25, 0.3) is 0 Å². The van der Waals surface area contributed by atoms with Gasteiger partial charge in [-0.15, -0.1) is 6.58 Å². The lowest BCUT2D eigenvalue weighted by Crippen LogP contribution is -2.52. The maximum Gasteiger partial charge on any atom is 0.311 e. The molecule has 0 spiro atoms. The van der Waals surface area contributed by atoms with Crippen molar-refractivity contribution in [2.24, 2.45) is 23.7 Å². The minimum Gasteiger partial charge on any atom is -0.497 e. The molecule has 0 saturated carbocycles. The van der Waals surface area contributed by atoms with Crippen LogP contribution in [0.5, 0.6) is 5.75 Å². The molecule has 0 bridgehead atoms. The van der Waals surface area contributed by atoms with Crippen LogP contribution in [0.3, 0.4) is 0 Å². The fourth-order valence-electron chi connectivity index (χ4n) is 5.09. The Morgan fingerprint density at radius 1 is 1.05 bits per heavy atom. The summed E-state index contributed by atoms with van der Waals surface area (Å²) < 4.78 is 24.9. The van der Waals surface area contributed by atoms with Gasteiger partial charge in [-0.05, 0) is 74.4 Å². The fraction of sp³-hybridized carbons (Fsp3) is 0.735. The lowest BCUT2D eigenvalue weighted by molar-refractivity contribution is -0.170. The first-order valence-corrected chi connectivity index (χ1v) is 18.4. The summed E-state index contributed by atoms with van der Waals surface area (Å²) in [6.45, 7) is 26.7. The highest BCUT2D eigenvalue weighted by atomic mass is 28.4. The highest BCUT2D eigenvalue weighted by molar-refractivity contribution is 6.74. The van der Waals surface area contributed by atoms with E-state index in [9.17, 15) is 15.0 Å². The number of ether oxygens (including phenoxy) is 3. The zero-order valence-electron chi connectivity index (χ0n) is 28.4. The van der Waals surface area contributed by atoms with Crippen LogP contribution in [0, 0.1) is 23.7 Å². The van der Waals surface area contributed by atoms with Gasteiger partial charge in [-0.3, -0.25) is 4.79 Å². The fourth-order valence-corrected chi connectivity index (χ4v) is 6.54. The Bertz CT molecular complexity index is 954. The number of esters is 1. The standard InChI is InChI=1S/C34H60O7Si/c1-14-29(34(10,37)15-2)40-32(36)26(6)31(41-42(12,13)33(7,8)9)25(5)30(24(4)20-23(3)21-35)39-22-27-16-18-28(38-11)19-17-27/h15-19,23-26,29-31,35,37H,2,14,20-22H2,1,3-13H3/t23-,24+,25-,26-,29-,30+,31+,34+/m1/s1. The molecule has 0 heterocycles. The predicted molar refractivity (Wildman–Crippen MR) is 173 cm³/mol. The maximum absolute atomic E-state index is 13.7. The average Bonchev–Trinajstić information content (AvgIpc) is 2.93. The number of hydrogen-bond acceptors (Lipinski definition) is 7. The van der Waals surface area contributed by atoms with Crippen molar-refractivity contribution < 1.29 is 33.6 Å². The van der Waals surface area contributed by atoms with Crippen molar-refractivity contribution in [1.29, 1.82) is 0 Å². The normalized spacial score (nSPS) is 19.0. The third-order valence-corrected chi connectivity index (χ3v) is 13.6. The van der Waals surface area contributed by atoms with Crippen LogP contribution in [-0.2, 0) is 25.3 Å². The van der Waals surface area contributed by atoms with Crippen molar-refractivity contribution in [3.05, 3.63) is 42.5 Å². The van der Waals surface area contributed by atoms with Crippen molar-refractivity contribution >= 4 is 14.3 Å². The highest BCUT2D eigenvalue weighted by Gasteiger charge is 2.46. The summed E-state index contributed by atoms with van der Waals surface area (Å²) in [6.07, 6.45) is 1.16. The molecular weight excluding hydrogens is 548 g/mol. The maximum atomic E-state index is 13.7. The van der Waals surface area contributed by atoms with Crippen LogP contribution < -0.4 is 4.74 Å². The highest BCUT2D eigenvalue weighted by Crippen LogP contribution is 2.41. The van der Waals surface area contributed by atoms with Gasteiger partial charge in [0, 0.05) is 12.5 Å². The number of aliphatic hydroxyl groups is 2. The van der Waals surface area contributed by atoms with E-state index in [1.54, 1.807) is 14.0 Å². The number of carbonyl (C=O) groups excluding carboxylic acids is 1. The van der Waals surface area contributed by atoms with E-state index in [1.807, 2.05) is 45.0 Å². The number of methoxy groups -OCH3 is 1. The molecule has 8 atom stereocenters. The summed E-state index contributed by atoms with van der Waals surface area (Å²) in [5.74, 6) is -0.235. The molecule has 8 heteroatoms. The van der Waals surface area contributed by atoms with Gasteiger partial charge in [-0.2, -0.15) is 0 Å². The summed E-state index contributed by atoms with van der Waals surface area (Å²) in [7, 11) is -0.689. The third-order valence-electron chi connectivity index (χ3n) is 9.08. The molecule has 0 aliphatic rings. The Hall–Kier alpha value is -1.71. The molecule has 0 unspecified atom stereocenters. The first-order chi connectivity index (χ1) is 19.3. The second-order valence-electron chi connectivity index (χ2n) is 13.9. The lowest BCUT2D eigenvalue weighted by Gasteiger charge is -2.45. The molecule has 2 N–H and O–H groups in total. The predicted octanol–water partition coefficient (Wildman–Crippen LogP) is 7.16. The van der Waals surface area contributed by atoms with E-state index < -0.39 is 38.0 Å². The van der Waals surface area contributed by atoms with E-state index in [4.69, 9.17) is 18.6 Å². The van der Waals surface area contributed by atoms with Gasteiger partial charge < -0.3 is 28.8 Å². The topological polar surface area (TPSA) is 94.5 Å². The lowest BCUT2D eigenvalue weighted by atomic mass is 9.81. The Labute approximate surface area is 257 Å². The zero-order valence-corrected chi connectivity index (χ0v) is 29.4. The van der Waals surface area contributed by atoms with Gasteiger partial charge in [0.2, 0.25) is 0 Å². The van der Waals surface area contributed by atoms with Crippen molar-refractivity contribution in [3.63, 3.8) is 0 Å². The first-order valence-electron chi connectivity index (χ1n) is 15.4. The van der Waals surface area contributed by atoms with Crippen LogP contribution >= 0.6 is 0 Å². The molecule has 1 aromatic carbocycles. The third kappa shape index (κ3) is 10.8. The molecule has 242 valence electrons. The quantitative estimate of drug-likeness (QED) is 0.104. The first kappa shape index (κ1) is 38.3. The molecule has 0 aromatic heterocycles. The molecule has 0 aliphatic carbocycles. The van der Waals surface area contributed by atoms with Gasteiger partial charge in [-0.25, -0.2) is 0 Å². The molecule has 0 aliphatic heterocycles. The van der Waals surface area contributed by atoms with Crippen LogP contribution in [-0.4, -0.2) is 62.1 Å². The summed E-state index contributed by atoms with van der Waals surface area (Å²) in [6, 6.07) is 7.80. The molecule has 1 aromatic rings. The van der Waals surface area contributed by atoms with Gasteiger partial charge in [0.1, 0.15) is 17.5 Å². The van der Waals surface area contributed by atoms with E-state index >= 15 is 0 Å². The number of carbonyl (C=O) groups is 1. The van der Waals surface area contributed by atoms with Crippen molar-refractivity contribution in [2.75, 3.05) is 13.7 Å². The molecule has 7 nitrogen and oxygen atoms in total. The van der Waals surface area contributed by atoms with Crippen LogP contribution in [0.2, 0.25) is 18.1 Å². The van der Waals surface area contributed by atoms with Crippen molar-refractivity contribution in [3.8, 4) is 5.75 Å². The summed E-state index contributed by atoms with van der Waals surface area (Å²) >= 11 is 0. The molecule has 0 fully saturated rings. The number of benzene rings is 1. The second kappa shape index (κ2) is 16.4. The van der Waals surface area contributed by atoms with Crippen LogP contribution in [0.4, 0.5) is 0 Å². The minimum atomic E-state index is -2.33. The average molecular weight is 609 g/mol. The smallest absolute Gasteiger partial charge is 0.311 e. The van der Waals surface area contributed by atoms with Gasteiger partial charge in [0.05, 0.1) is 31.8 Å². The van der Waals surface area contributed by atoms with Crippen molar-refractivity contribution in [2.45, 2.75) is 124 Å². The van der Waals surface area contributed by atoms with Gasteiger partial charge in [-0.1, -0.05) is 66.7 Å². The molecule has 0 amide bonds. The van der Waals surface area contributed by atoms with E-state index in [0.29, 0.717) is 13.0 Å². The number of aliphatic hydroxyl groups excluding tert-OH is 1. The van der Waals surface area contributed by atoms with Crippen LogP contribution in [0.1, 0.15) is 80.7 Å². The van der Waals surface area contributed by atoms with E-state index in [0.717, 1.165) is 17.7 Å².